The Morgan fingerprint density at radius 2 is 1.88 bits per heavy atom. The number of thiophene rings is 1. The van der Waals surface area contributed by atoms with E-state index < -0.39 is 0 Å². The SMILES string of the molecule is Cl.NCC1(CC(=O)Nc2ccccc2-c2cccs2)CCCCC1. The maximum Gasteiger partial charge on any atom is 0.224 e. The lowest BCUT2D eigenvalue weighted by molar-refractivity contribution is -0.118. The van der Waals surface area contributed by atoms with Crippen molar-refractivity contribution in [1.82, 2.24) is 0 Å². The fraction of sp³-hybridized carbons (Fsp3) is 0.421. The van der Waals surface area contributed by atoms with Crippen molar-refractivity contribution in [3.63, 3.8) is 0 Å². The highest BCUT2D eigenvalue weighted by molar-refractivity contribution is 7.13. The average Bonchev–Trinajstić information content (AvgIpc) is 3.10. The summed E-state index contributed by atoms with van der Waals surface area (Å²) in [5.41, 5.74) is 7.98. The van der Waals surface area contributed by atoms with Gasteiger partial charge in [-0.25, -0.2) is 0 Å². The summed E-state index contributed by atoms with van der Waals surface area (Å²) in [6.45, 7) is 0.604. The van der Waals surface area contributed by atoms with E-state index in [9.17, 15) is 4.79 Å². The maximum atomic E-state index is 12.6. The second-order valence-electron chi connectivity index (χ2n) is 6.51. The molecular formula is C19H25ClN2OS. The number of hydrogen-bond acceptors (Lipinski definition) is 3. The predicted molar refractivity (Wildman–Crippen MR) is 105 cm³/mol. The van der Waals surface area contributed by atoms with Crippen LogP contribution in [0, 0.1) is 5.41 Å². The minimum atomic E-state index is 0. The number of anilines is 1. The lowest BCUT2D eigenvalue weighted by Gasteiger charge is -2.35. The maximum absolute atomic E-state index is 12.6. The third-order valence-corrected chi connectivity index (χ3v) is 5.77. The topological polar surface area (TPSA) is 55.1 Å². The molecule has 1 heterocycles. The number of hydrogen-bond donors (Lipinski definition) is 2. The molecule has 2 aromatic rings. The van der Waals surface area contributed by atoms with Gasteiger partial charge in [-0.15, -0.1) is 23.7 Å². The molecule has 0 aliphatic heterocycles. The molecule has 3 N–H and O–H groups in total. The van der Waals surface area contributed by atoms with Gasteiger partial charge in [-0.1, -0.05) is 43.5 Å². The van der Waals surface area contributed by atoms with E-state index in [1.807, 2.05) is 24.3 Å². The van der Waals surface area contributed by atoms with Crippen LogP contribution in [0.4, 0.5) is 5.69 Å². The van der Waals surface area contributed by atoms with Crippen molar-refractivity contribution in [2.24, 2.45) is 11.1 Å². The first-order valence-corrected chi connectivity index (χ1v) is 9.23. The number of benzene rings is 1. The van der Waals surface area contributed by atoms with Crippen LogP contribution in [0.3, 0.4) is 0 Å². The molecule has 130 valence electrons. The molecule has 0 bridgehead atoms. The lowest BCUT2D eigenvalue weighted by atomic mass is 9.71. The second kappa shape index (κ2) is 8.65. The van der Waals surface area contributed by atoms with Crippen molar-refractivity contribution in [3.05, 3.63) is 41.8 Å². The highest BCUT2D eigenvalue weighted by Crippen LogP contribution is 2.39. The average molecular weight is 365 g/mol. The molecule has 1 aromatic carbocycles. The van der Waals surface area contributed by atoms with Gasteiger partial charge in [0.2, 0.25) is 5.91 Å². The van der Waals surface area contributed by atoms with E-state index in [-0.39, 0.29) is 23.7 Å². The van der Waals surface area contributed by atoms with Crippen LogP contribution >= 0.6 is 23.7 Å². The van der Waals surface area contributed by atoms with Gasteiger partial charge < -0.3 is 11.1 Å². The fourth-order valence-electron chi connectivity index (χ4n) is 3.53. The summed E-state index contributed by atoms with van der Waals surface area (Å²) >= 11 is 1.69. The van der Waals surface area contributed by atoms with E-state index in [1.165, 1.54) is 24.1 Å². The van der Waals surface area contributed by atoms with Gasteiger partial charge in [-0.05, 0) is 42.3 Å². The molecule has 0 atom stereocenters. The summed E-state index contributed by atoms with van der Waals surface area (Å²) in [7, 11) is 0. The number of para-hydroxylation sites is 1. The van der Waals surface area contributed by atoms with Gasteiger partial charge in [0.05, 0.1) is 0 Å². The van der Waals surface area contributed by atoms with Crippen LogP contribution in [0.25, 0.3) is 10.4 Å². The summed E-state index contributed by atoms with van der Waals surface area (Å²) in [4.78, 5) is 13.8. The molecule has 1 amide bonds. The molecule has 1 aliphatic rings. The number of nitrogens with two attached hydrogens (primary N) is 1. The first kappa shape index (κ1) is 19.0. The molecule has 1 aliphatic carbocycles. The molecule has 5 heteroatoms. The van der Waals surface area contributed by atoms with E-state index in [4.69, 9.17) is 5.73 Å². The van der Waals surface area contributed by atoms with Crippen LogP contribution in [0.2, 0.25) is 0 Å². The smallest absolute Gasteiger partial charge is 0.224 e. The van der Waals surface area contributed by atoms with E-state index in [0.717, 1.165) is 24.1 Å². The molecule has 0 unspecified atom stereocenters. The van der Waals surface area contributed by atoms with Crippen molar-refractivity contribution < 1.29 is 4.79 Å². The van der Waals surface area contributed by atoms with Gasteiger partial charge in [-0.3, -0.25) is 4.79 Å². The largest absolute Gasteiger partial charge is 0.330 e. The van der Waals surface area contributed by atoms with Crippen molar-refractivity contribution in [2.45, 2.75) is 38.5 Å². The van der Waals surface area contributed by atoms with Crippen LogP contribution < -0.4 is 11.1 Å². The third-order valence-electron chi connectivity index (χ3n) is 4.87. The van der Waals surface area contributed by atoms with Gasteiger partial charge >= 0.3 is 0 Å². The van der Waals surface area contributed by atoms with Gasteiger partial charge in [0.15, 0.2) is 0 Å². The fourth-order valence-corrected chi connectivity index (χ4v) is 4.29. The molecule has 1 aromatic heterocycles. The quantitative estimate of drug-likeness (QED) is 0.777. The third kappa shape index (κ3) is 4.38. The zero-order valence-electron chi connectivity index (χ0n) is 13.8. The van der Waals surface area contributed by atoms with Gasteiger partial charge in [0.1, 0.15) is 0 Å². The number of halogens is 1. The Bertz CT molecular complexity index is 651. The molecule has 1 saturated carbocycles. The van der Waals surface area contributed by atoms with Crippen molar-refractivity contribution in [2.75, 3.05) is 11.9 Å². The molecule has 3 rings (SSSR count). The Hall–Kier alpha value is -1.36. The Balaban J connectivity index is 0.00000208. The molecular weight excluding hydrogens is 340 g/mol. The minimum Gasteiger partial charge on any atom is -0.330 e. The first-order valence-electron chi connectivity index (χ1n) is 8.35. The minimum absolute atomic E-state index is 0. The highest BCUT2D eigenvalue weighted by Gasteiger charge is 2.33. The molecule has 3 nitrogen and oxygen atoms in total. The molecule has 24 heavy (non-hydrogen) atoms. The van der Waals surface area contributed by atoms with Crippen LogP contribution in [-0.4, -0.2) is 12.5 Å². The van der Waals surface area contributed by atoms with Gasteiger partial charge in [0, 0.05) is 22.5 Å². The number of carbonyl (C=O) groups excluding carboxylic acids is 1. The van der Waals surface area contributed by atoms with Crippen LogP contribution in [0.5, 0.6) is 0 Å². The van der Waals surface area contributed by atoms with E-state index in [1.54, 1.807) is 11.3 Å². The zero-order chi connectivity index (χ0) is 16.1. The van der Waals surface area contributed by atoms with Gasteiger partial charge in [0.25, 0.3) is 0 Å². The summed E-state index contributed by atoms with van der Waals surface area (Å²) in [5.74, 6) is 0.0846. The Morgan fingerprint density at radius 3 is 2.54 bits per heavy atom. The van der Waals surface area contributed by atoms with E-state index in [0.29, 0.717) is 13.0 Å². The summed E-state index contributed by atoms with van der Waals surface area (Å²) in [6, 6.07) is 12.1. The molecule has 0 spiro atoms. The van der Waals surface area contributed by atoms with Crippen molar-refractivity contribution in [1.29, 1.82) is 0 Å². The Morgan fingerprint density at radius 1 is 1.12 bits per heavy atom. The monoisotopic (exact) mass is 364 g/mol. The Kier molecular flexibility index (Phi) is 6.84. The predicted octanol–water partition coefficient (Wildman–Crippen LogP) is 5.07. The molecule has 0 saturated heterocycles. The van der Waals surface area contributed by atoms with Crippen LogP contribution in [0.15, 0.2) is 41.8 Å². The lowest BCUT2D eigenvalue weighted by Crippen LogP contribution is -2.36. The number of carbonyl (C=O) groups is 1. The number of amides is 1. The molecule has 0 radical (unpaired) electrons. The Labute approximate surface area is 154 Å². The summed E-state index contributed by atoms with van der Waals surface area (Å²) in [5, 5.41) is 5.17. The highest BCUT2D eigenvalue weighted by atomic mass is 35.5. The van der Waals surface area contributed by atoms with E-state index >= 15 is 0 Å². The van der Waals surface area contributed by atoms with Crippen LogP contribution in [-0.2, 0) is 4.79 Å². The van der Waals surface area contributed by atoms with E-state index in [2.05, 4.69) is 22.8 Å². The second-order valence-corrected chi connectivity index (χ2v) is 7.46. The summed E-state index contributed by atoms with van der Waals surface area (Å²) < 4.78 is 0. The zero-order valence-corrected chi connectivity index (χ0v) is 15.4. The number of nitrogens with one attached hydrogen (secondary N) is 1. The molecule has 1 fully saturated rings. The number of rotatable bonds is 5. The first-order chi connectivity index (χ1) is 11.2. The van der Waals surface area contributed by atoms with Gasteiger partial charge in [-0.2, -0.15) is 0 Å². The normalized spacial score (nSPS) is 16.2. The van der Waals surface area contributed by atoms with Crippen molar-refractivity contribution >= 4 is 35.3 Å². The van der Waals surface area contributed by atoms with Crippen LogP contribution in [0.1, 0.15) is 38.5 Å². The standard InChI is InChI=1S/C19H24N2OS.ClH/c20-14-19(10-4-1-5-11-19)13-18(22)21-16-8-3-2-7-15(16)17-9-6-12-23-17;/h2-3,6-9,12H,1,4-5,10-11,13-14,20H2,(H,21,22);1H. The van der Waals surface area contributed by atoms with Crippen molar-refractivity contribution in [3.8, 4) is 10.4 Å². The summed E-state index contributed by atoms with van der Waals surface area (Å²) in [6.07, 6.45) is 6.33.